The lowest BCUT2D eigenvalue weighted by atomic mass is 10.1. The Morgan fingerprint density at radius 1 is 1.09 bits per heavy atom. The van der Waals surface area contributed by atoms with E-state index in [-0.39, 0.29) is 0 Å². The number of ether oxygens (including phenoxy) is 1. The van der Waals surface area contributed by atoms with Gasteiger partial charge in [0.1, 0.15) is 23.5 Å². The van der Waals surface area contributed by atoms with E-state index in [2.05, 4.69) is 16.9 Å². The number of rotatable bonds is 8. The molecule has 2 aromatic carbocycles. The zero-order chi connectivity index (χ0) is 24.1. The van der Waals surface area contributed by atoms with Crippen molar-refractivity contribution < 1.29 is 13.5 Å². The minimum absolute atomic E-state index is 0.296. The van der Waals surface area contributed by atoms with Gasteiger partial charge >= 0.3 is 0 Å². The largest absolute Gasteiger partial charge is 0.493 e. The number of unbranched alkanes of at least 4 members (excludes halogenated alkanes) is 2. The van der Waals surface area contributed by atoms with Gasteiger partial charge in [0, 0.05) is 23.9 Å². The van der Waals surface area contributed by atoms with E-state index in [1.807, 2.05) is 37.3 Å². The lowest BCUT2D eigenvalue weighted by Gasteiger charge is -2.12. The molecule has 2 aromatic heterocycles. The number of benzene rings is 2. The first-order valence-corrected chi connectivity index (χ1v) is 11.2. The molecule has 0 bridgehead atoms. The van der Waals surface area contributed by atoms with Gasteiger partial charge in [0.05, 0.1) is 23.2 Å². The number of aromatic nitrogens is 3. The van der Waals surface area contributed by atoms with Crippen LogP contribution < -0.4 is 4.74 Å². The van der Waals surface area contributed by atoms with Crippen LogP contribution in [0.1, 0.15) is 48.7 Å². The van der Waals surface area contributed by atoms with Crippen molar-refractivity contribution in [1.29, 1.82) is 5.26 Å². The average Bonchev–Trinajstić information content (AvgIpc) is 3.18. The number of nitriles is 1. The van der Waals surface area contributed by atoms with Crippen LogP contribution in [-0.4, -0.2) is 21.1 Å². The Kier molecular flexibility index (Phi) is 6.98. The standard InChI is InChI=1S/C27H24F2N4O/c1-3-4-5-13-34-27-18(2)7-6-8-20(27)10-12-26-32-23-14-21(28)22(29)15-24(23)33(26)25-11-9-19(16-30)17-31-25/h6-12,14-15,17H,3-5,13H2,1-2H3. The molecule has 0 saturated heterocycles. The second kappa shape index (κ2) is 10.3. The minimum Gasteiger partial charge on any atom is -0.493 e. The smallest absolute Gasteiger partial charge is 0.161 e. The van der Waals surface area contributed by atoms with E-state index in [4.69, 9.17) is 10.00 Å². The number of hydrogen-bond donors (Lipinski definition) is 0. The molecule has 5 nitrogen and oxygen atoms in total. The Bertz CT molecular complexity index is 1380. The van der Waals surface area contributed by atoms with Crippen LogP contribution in [-0.2, 0) is 0 Å². The van der Waals surface area contributed by atoms with Gasteiger partial charge in [-0.05, 0) is 43.2 Å². The molecule has 7 heteroatoms. The zero-order valence-corrected chi connectivity index (χ0v) is 19.1. The summed E-state index contributed by atoms with van der Waals surface area (Å²) in [4.78, 5) is 8.84. The van der Waals surface area contributed by atoms with E-state index >= 15 is 0 Å². The normalized spacial score (nSPS) is 11.3. The fraction of sp³-hybridized carbons (Fsp3) is 0.222. The van der Waals surface area contributed by atoms with Crippen LogP contribution in [0.2, 0.25) is 0 Å². The number of aryl methyl sites for hydroxylation is 1. The molecule has 0 fully saturated rings. The number of pyridine rings is 1. The molecule has 0 unspecified atom stereocenters. The first kappa shape index (κ1) is 23.1. The van der Waals surface area contributed by atoms with E-state index in [1.54, 1.807) is 22.8 Å². The molecule has 0 aliphatic carbocycles. The Morgan fingerprint density at radius 3 is 2.65 bits per heavy atom. The highest BCUT2D eigenvalue weighted by atomic mass is 19.2. The van der Waals surface area contributed by atoms with Crippen LogP contribution >= 0.6 is 0 Å². The van der Waals surface area contributed by atoms with Crippen molar-refractivity contribution in [3.8, 4) is 17.6 Å². The predicted octanol–water partition coefficient (Wildman–Crippen LogP) is 6.62. The fourth-order valence-corrected chi connectivity index (χ4v) is 3.72. The quantitative estimate of drug-likeness (QED) is 0.278. The molecule has 4 rings (SSSR count). The van der Waals surface area contributed by atoms with Gasteiger partial charge in [-0.25, -0.2) is 18.7 Å². The van der Waals surface area contributed by atoms with Crippen molar-refractivity contribution in [3.63, 3.8) is 0 Å². The molecule has 0 aliphatic rings. The molecule has 0 amide bonds. The maximum Gasteiger partial charge on any atom is 0.161 e. The molecule has 0 spiro atoms. The maximum absolute atomic E-state index is 14.1. The number of imidazole rings is 1. The summed E-state index contributed by atoms with van der Waals surface area (Å²) in [6.07, 6.45) is 8.26. The number of para-hydroxylation sites is 1. The van der Waals surface area contributed by atoms with E-state index in [0.29, 0.717) is 34.8 Å². The second-order valence-electron chi connectivity index (χ2n) is 7.96. The fourth-order valence-electron chi connectivity index (χ4n) is 3.72. The van der Waals surface area contributed by atoms with E-state index in [9.17, 15) is 8.78 Å². The third-order valence-electron chi connectivity index (χ3n) is 5.48. The monoisotopic (exact) mass is 458 g/mol. The Balaban J connectivity index is 1.78. The zero-order valence-electron chi connectivity index (χ0n) is 19.1. The third kappa shape index (κ3) is 4.81. The van der Waals surface area contributed by atoms with Crippen molar-refractivity contribution in [2.24, 2.45) is 0 Å². The van der Waals surface area contributed by atoms with Crippen molar-refractivity contribution in [2.45, 2.75) is 33.1 Å². The molecule has 172 valence electrons. The summed E-state index contributed by atoms with van der Waals surface area (Å²) in [6.45, 7) is 4.77. The number of halogens is 2. The SMILES string of the molecule is CCCCCOc1c(C)cccc1C=Cc1nc2cc(F)c(F)cc2n1-c1ccc(C#N)cn1. The van der Waals surface area contributed by atoms with Gasteiger partial charge in [-0.15, -0.1) is 0 Å². The van der Waals surface area contributed by atoms with E-state index in [0.717, 1.165) is 48.3 Å². The molecule has 0 aliphatic heterocycles. The summed E-state index contributed by atoms with van der Waals surface area (Å²) < 4.78 is 35.7. The van der Waals surface area contributed by atoms with E-state index < -0.39 is 11.6 Å². The van der Waals surface area contributed by atoms with Crippen molar-refractivity contribution in [1.82, 2.24) is 14.5 Å². The highest BCUT2D eigenvalue weighted by molar-refractivity contribution is 5.82. The van der Waals surface area contributed by atoms with Crippen LogP contribution in [0.3, 0.4) is 0 Å². The number of hydrogen-bond acceptors (Lipinski definition) is 4. The van der Waals surface area contributed by atoms with Crippen LogP contribution in [0, 0.1) is 29.9 Å². The molecular weight excluding hydrogens is 434 g/mol. The first-order valence-electron chi connectivity index (χ1n) is 11.2. The van der Waals surface area contributed by atoms with Crippen LogP contribution in [0.5, 0.6) is 5.75 Å². The van der Waals surface area contributed by atoms with Gasteiger partial charge in [-0.1, -0.05) is 38.0 Å². The van der Waals surface area contributed by atoms with Crippen molar-refractivity contribution in [3.05, 3.63) is 82.8 Å². The molecule has 4 aromatic rings. The van der Waals surface area contributed by atoms with Gasteiger partial charge < -0.3 is 4.74 Å². The molecule has 0 N–H and O–H groups in total. The van der Waals surface area contributed by atoms with Gasteiger partial charge in [-0.2, -0.15) is 5.26 Å². The Labute approximate surface area is 197 Å². The number of nitrogens with zero attached hydrogens (tertiary/aromatic N) is 4. The summed E-state index contributed by atoms with van der Waals surface area (Å²) in [5.41, 5.74) is 2.96. The van der Waals surface area contributed by atoms with Crippen LogP contribution in [0.25, 0.3) is 29.0 Å². The molecule has 0 radical (unpaired) electrons. The van der Waals surface area contributed by atoms with Gasteiger partial charge in [-0.3, -0.25) is 4.57 Å². The maximum atomic E-state index is 14.1. The minimum atomic E-state index is -0.973. The molecule has 0 saturated carbocycles. The summed E-state index contributed by atoms with van der Waals surface area (Å²) in [5.74, 6) is -0.268. The third-order valence-corrected chi connectivity index (χ3v) is 5.48. The van der Waals surface area contributed by atoms with Crippen LogP contribution in [0.15, 0.2) is 48.7 Å². The Morgan fingerprint density at radius 2 is 1.91 bits per heavy atom. The molecule has 0 atom stereocenters. The lowest BCUT2D eigenvalue weighted by Crippen LogP contribution is -2.01. The lowest BCUT2D eigenvalue weighted by molar-refractivity contribution is 0.304. The topological polar surface area (TPSA) is 63.7 Å². The first-order chi connectivity index (χ1) is 16.5. The summed E-state index contributed by atoms with van der Waals surface area (Å²) >= 11 is 0. The van der Waals surface area contributed by atoms with Gasteiger partial charge in [0.15, 0.2) is 11.6 Å². The summed E-state index contributed by atoms with van der Waals surface area (Å²) in [7, 11) is 0. The highest BCUT2D eigenvalue weighted by Gasteiger charge is 2.16. The summed E-state index contributed by atoms with van der Waals surface area (Å²) in [6, 6.07) is 13.3. The average molecular weight is 459 g/mol. The molecule has 34 heavy (non-hydrogen) atoms. The Hall–Kier alpha value is -4.05. The highest BCUT2D eigenvalue weighted by Crippen LogP contribution is 2.28. The van der Waals surface area contributed by atoms with Gasteiger partial charge in [0.25, 0.3) is 0 Å². The van der Waals surface area contributed by atoms with E-state index in [1.165, 1.54) is 6.20 Å². The number of fused-ring (bicyclic) bond motifs is 1. The second-order valence-corrected chi connectivity index (χ2v) is 7.96. The molecule has 2 heterocycles. The van der Waals surface area contributed by atoms with Crippen molar-refractivity contribution in [2.75, 3.05) is 6.61 Å². The van der Waals surface area contributed by atoms with Crippen molar-refractivity contribution >= 4 is 23.2 Å². The summed E-state index contributed by atoms with van der Waals surface area (Å²) in [5, 5.41) is 9.08. The predicted molar refractivity (Wildman–Crippen MR) is 129 cm³/mol. The molecular formula is C27H24F2N4O. The van der Waals surface area contributed by atoms with Crippen LogP contribution in [0.4, 0.5) is 8.78 Å². The van der Waals surface area contributed by atoms with Gasteiger partial charge in [0.2, 0.25) is 0 Å².